The smallest absolute Gasteiger partial charge is 0.118 e. The number of fused-ring (bicyclic) bond motifs is 5. The largest absolute Gasteiger partial charge is 0.497 e. The maximum atomic E-state index is 11.5. The third-order valence-electron chi connectivity index (χ3n) is 6.96. The number of piperidine rings is 1. The minimum absolute atomic E-state index is 0.464. The van der Waals surface area contributed by atoms with Crippen LogP contribution in [0.1, 0.15) is 54.7 Å². The second-order valence-corrected chi connectivity index (χ2v) is 9.07. The first-order valence-electron chi connectivity index (χ1n) is 11.1. The lowest BCUT2D eigenvalue weighted by atomic mass is 9.90. The van der Waals surface area contributed by atoms with Crippen molar-refractivity contribution in [1.82, 2.24) is 14.5 Å². The Morgan fingerprint density at radius 2 is 1.93 bits per heavy atom. The lowest BCUT2D eigenvalue weighted by Gasteiger charge is -2.40. The molecule has 1 N–H and O–H groups in total. The van der Waals surface area contributed by atoms with Crippen molar-refractivity contribution in [3.8, 4) is 5.75 Å². The first-order valence-corrected chi connectivity index (χ1v) is 11.1. The Bertz CT molecular complexity index is 1070. The Morgan fingerprint density at radius 1 is 1.13 bits per heavy atom. The highest BCUT2D eigenvalue weighted by Crippen LogP contribution is 2.42. The van der Waals surface area contributed by atoms with E-state index in [4.69, 9.17) is 9.72 Å². The van der Waals surface area contributed by atoms with Crippen molar-refractivity contribution in [1.29, 1.82) is 0 Å². The van der Waals surface area contributed by atoms with Gasteiger partial charge in [-0.15, -0.1) is 0 Å². The molecule has 2 atom stereocenters. The molecule has 0 aliphatic carbocycles. The number of methoxy groups -OCH3 is 1. The Hall–Kier alpha value is -2.37. The minimum Gasteiger partial charge on any atom is -0.497 e. The Labute approximate surface area is 178 Å². The number of rotatable bonds is 4. The third-order valence-corrected chi connectivity index (χ3v) is 6.96. The van der Waals surface area contributed by atoms with Gasteiger partial charge in [0.15, 0.2) is 0 Å². The van der Waals surface area contributed by atoms with Gasteiger partial charge in [0.2, 0.25) is 0 Å². The van der Waals surface area contributed by atoms with Gasteiger partial charge in [-0.1, -0.05) is 18.6 Å². The summed E-state index contributed by atoms with van der Waals surface area (Å²) in [6.07, 6.45) is 4.79. The minimum atomic E-state index is -0.986. The second-order valence-electron chi connectivity index (χ2n) is 9.07. The monoisotopic (exact) mass is 405 g/mol. The second kappa shape index (κ2) is 7.40. The zero-order chi connectivity index (χ0) is 20.9. The van der Waals surface area contributed by atoms with Crippen LogP contribution in [0.2, 0.25) is 0 Å². The van der Waals surface area contributed by atoms with Gasteiger partial charge in [-0.25, -0.2) is 0 Å². The van der Waals surface area contributed by atoms with E-state index in [1.807, 2.05) is 31.2 Å². The van der Waals surface area contributed by atoms with Crippen LogP contribution in [0.4, 0.5) is 0 Å². The van der Waals surface area contributed by atoms with Crippen molar-refractivity contribution in [2.45, 2.75) is 57.7 Å². The van der Waals surface area contributed by atoms with Crippen LogP contribution < -0.4 is 4.74 Å². The predicted octanol–water partition coefficient (Wildman–Crippen LogP) is 4.34. The molecule has 1 saturated heterocycles. The van der Waals surface area contributed by atoms with Gasteiger partial charge in [0.1, 0.15) is 11.4 Å². The van der Waals surface area contributed by atoms with Gasteiger partial charge < -0.3 is 14.4 Å². The topological polar surface area (TPSA) is 50.5 Å². The summed E-state index contributed by atoms with van der Waals surface area (Å²) in [5, 5.41) is 11.5. The molecule has 2 aliphatic rings. The summed E-state index contributed by atoms with van der Waals surface area (Å²) >= 11 is 0. The Balaban J connectivity index is 1.61. The molecule has 30 heavy (non-hydrogen) atoms. The van der Waals surface area contributed by atoms with Crippen LogP contribution in [0.5, 0.6) is 5.75 Å². The van der Waals surface area contributed by atoms with Crippen molar-refractivity contribution in [2.75, 3.05) is 20.2 Å². The lowest BCUT2D eigenvalue weighted by molar-refractivity contribution is 0.0379. The highest BCUT2D eigenvalue weighted by Gasteiger charge is 2.36. The fourth-order valence-electron chi connectivity index (χ4n) is 5.38. The highest BCUT2D eigenvalue weighted by atomic mass is 16.5. The first kappa shape index (κ1) is 19.6. The zero-order valence-electron chi connectivity index (χ0n) is 18.2. The van der Waals surface area contributed by atoms with E-state index in [9.17, 15) is 5.11 Å². The van der Waals surface area contributed by atoms with E-state index in [1.54, 1.807) is 7.11 Å². The van der Waals surface area contributed by atoms with E-state index in [2.05, 4.69) is 28.5 Å². The molecule has 2 unspecified atom stereocenters. The van der Waals surface area contributed by atoms with Crippen LogP contribution in [0, 0.1) is 6.92 Å². The number of benzene rings is 1. The normalized spacial score (nSPS) is 21.1. The maximum Gasteiger partial charge on any atom is 0.118 e. The first-order chi connectivity index (χ1) is 14.5. The van der Waals surface area contributed by atoms with Gasteiger partial charge in [0.25, 0.3) is 0 Å². The van der Waals surface area contributed by atoms with Crippen molar-refractivity contribution >= 4 is 11.0 Å². The van der Waals surface area contributed by atoms with E-state index >= 15 is 0 Å². The average Bonchev–Trinajstić information content (AvgIpc) is 3.06. The van der Waals surface area contributed by atoms with Crippen LogP contribution in [0.25, 0.3) is 11.0 Å². The van der Waals surface area contributed by atoms with Crippen LogP contribution in [-0.2, 0) is 18.6 Å². The van der Waals surface area contributed by atoms with Gasteiger partial charge in [-0.3, -0.25) is 9.88 Å². The fourth-order valence-corrected chi connectivity index (χ4v) is 5.38. The van der Waals surface area contributed by atoms with Crippen LogP contribution >= 0.6 is 0 Å². The fraction of sp³-hybridized carbons (Fsp3) is 0.480. The molecule has 1 aromatic carbocycles. The van der Waals surface area contributed by atoms with Gasteiger partial charge in [0.05, 0.1) is 24.7 Å². The summed E-state index contributed by atoms with van der Waals surface area (Å²) in [5.74, 6) is 0.801. The van der Waals surface area contributed by atoms with Crippen LogP contribution in [0.15, 0.2) is 36.4 Å². The zero-order valence-corrected chi connectivity index (χ0v) is 18.2. The quantitative estimate of drug-likeness (QED) is 0.701. The lowest BCUT2D eigenvalue weighted by Crippen LogP contribution is -2.39. The number of ether oxygens (including phenoxy) is 1. The molecule has 0 spiro atoms. The summed E-state index contributed by atoms with van der Waals surface area (Å²) in [5.41, 5.74) is 6.01. The number of aryl methyl sites for hydroxylation is 1. The van der Waals surface area contributed by atoms with Gasteiger partial charge in [0, 0.05) is 36.0 Å². The van der Waals surface area contributed by atoms with Crippen molar-refractivity contribution in [3.05, 3.63) is 58.9 Å². The summed E-state index contributed by atoms with van der Waals surface area (Å²) in [6.45, 7) is 6.77. The number of hydrogen-bond acceptors (Lipinski definition) is 4. The molecule has 5 heteroatoms. The molecule has 5 nitrogen and oxygen atoms in total. The van der Waals surface area contributed by atoms with E-state index in [0.717, 1.165) is 41.0 Å². The molecule has 5 rings (SSSR count). The molecule has 3 aromatic rings. The van der Waals surface area contributed by atoms with E-state index in [-0.39, 0.29) is 0 Å². The number of aliphatic hydroxyl groups is 1. The molecule has 0 bridgehead atoms. The number of hydrogen-bond donors (Lipinski definition) is 1. The average molecular weight is 406 g/mol. The molecular formula is C25H31N3O2. The molecular weight excluding hydrogens is 374 g/mol. The van der Waals surface area contributed by atoms with E-state index < -0.39 is 5.60 Å². The predicted molar refractivity (Wildman–Crippen MR) is 119 cm³/mol. The van der Waals surface area contributed by atoms with E-state index in [0.29, 0.717) is 12.6 Å². The summed E-state index contributed by atoms with van der Waals surface area (Å²) < 4.78 is 7.62. The van der Waals surface area contributed by atoms with Crippen LogP contribution in [-0.4, -0.2) is 39.8 Å². The molecule has 1 fully saturated rings. The number of aromatic nitrogens is 2. The molecule has 0 saturated carbocycles. The van der Waals surface area contributed by atoms with Crippen molar-refractivity contribution in [3.63, 3.8) is 0 Å². The Kier molecular flexibility index (Phi) is 4.83. The summed E-state index contributed by atoms with van der Waals surface area (Å²) in [7, 11) is 1.66. The maximum absolute atomic E-state index is 11.5. The van der Waals surface area contributed by atoms with Gasteiger partial charge in [-0.05, 0) is 63.1 Å². The van der Waals surface area contributed by atoms with Crippen molar-refractivity contribution in [2.24, 2.45) is 0 Å². The molecule has 4 heterocycles. The molecule has 0 radical (unpaired) electrons. The SMILES string of the molecule is COc1ccc(C(C)(O)Cn2c3c(c4nc(C)ccc42)C2CCCCN2CC3)cc1. The molecule has 2 aromatic heterocycles. The third kappa shape index (κ3) is 3.21. The molecule has 2 aliphatic heterocycles. The van der Waals surface area contributed by atoms with Gasteiger partial charge >= 0.3 is 0 Å². The van der Waals surface area contributed by atoms with Crippen molar-refractivity contribution < 1.29 is 9.84 Å². The Morgan fingerprint density at radius 3 is 2.70 bits per heavy atom. The number of pyridine rings is 1. The van der Waals surface area contributed by atoms with E-state index in [1.165, 1.54) is 37.1 Å². The number of nitrogens with zero attached hydrogens (tertiary/aromatic N) is 3. The summed E-state index contributed by atoms with van der Waals surface area (Å²) in [6, 6.07) is 12.5. The van der Waals surface area contributed by atoms with Gasteiger partial charge in [-0.2, -0.15) is 0 Å². The standard InChI is InChI=1S/C25H31N3O2/c1-17-7-12-22-24(26-17)23-20-6-4-5-14-27(20)15-13-21(23)28(22)16-25(2,29)18-8-10-19(30-3)11-9-18/h7-12,20,29H,4-6,13-16H2,1-3H3. The molecule has 0 amide bonds. The van der Waals surface area contributed by atoms with Crippen LogP contribution in [0.3, 0.4) is 0 Å². The highest BCUT2D eigenvalue weighted by molar-refractivity contribution is 5.83. The summed E-state index contributed by atoms with van der Waals surface area (Å²) in [4.78, 5) is 7.62. The molecule has 158 valence electrons.